The summed E-state index contributed by atoms with van der Waals surface area (Å²) >= 11 is 0. The standard InChI is InChI=1S/C18H26N2/c1-4-6-10-13-20-15-18(3,19-14-17(20)5-2)16-11-8-7-9-12-16/h1,7-9,11-12,17,19H,5-6,10,13-15H2,2-3H3. The minimum atomic E-state index is 0.0447. The fourth-order valence-corrected chi connectivity index (χ4v) is 3.11. The van der Waals surface area contributed by atoms with Crippen LogP contribution in [0.5, 0.6) is 0 Å². The highest BCUT2D eigenvalue weighted by Crippen LogP contribution is 2.27. The molecule has 20 heavy (non-hydrogen) atoms. The lowest BCUT2D eigenvalue weighted by Gasteiger charge is -2.46. The first kappa shape index (κ1) is 15.1. The molecule has 0 amide bonds. The van der Waals surface area contributed by atoms with Crippen molar-refractivity contribution in [3.05, 3.63) is 35.9 Å². The molecule has 1 aromatic carbocycles. The minimum absolute atomic E-state index is 0.0447. The maximum absolute atomic E-state index is 5.37. The molecule has 2 atom stereocenters. The van der Waals surface area contributed by atoms with Crippen molar-refractivity contribution < 1.29 is 0 Å². The highest BCUT2D eigenvalue weighted by molar-refractivity contribution is 5.25. The largest absolute Gasteiger partial charge is 0.305 e. The van der Waals surface area contributed by atoms with Gasteiger partial charge < -0.3 is 5.32 Å². The van der Waals surface area contributed by atoms with Crippen LogP contribution in [0.25, 0.3) is 0 Å². The van der Waals surface area contributed by atoms with Gasteiger partial charge in [-0.25, -0.2) is 0 Å². The third-order valence-corrected chi connectivity index (χ3v) is 4.41. The van der Waals surface area contributed by atoms with Gasteiger partial charge in [-0.15, -0.1) is 12.3 Å². The summed E-state index contributed by atoms with van der Waals surface area (Å²) in [6.45, 7) is 7.79. The smallest absolute Gasteiger partial charge is 0.0535 e. The number of nitrogens with one attached hydrogen (secondary N) is 1. The van der Waals surface area contributed by atoms with E-state index in [2.05, 4.69) is 60.3 Å². The van der Waals surface area contributed by atoms with Gasteiger partial charge in [-0.3, -0.25) is 4.90 Å². The molecule has 2 rings (SSSR count). The Morgan fingerprint density at radius 2 is 2.15 bits per heavy atom. The first-order valence-corrected chi connectivity index (χ1v) is 7.67. The molecule has 0 aliphatic carbocycles. The van der Waals surface area contributed by atoms with Crippen LogP contribution in [0, 0.1) is 12.3 Å². The summed E-state index contributed by atoms with van der Waals surface area (Å²) in [5, 5.41) is 3.75. The SMILES string of the molecule is C#CCCCN1CC(C)(c2ccccc2)NCC1CC. The van der Waals surface area contributed by atoms with Crippen molar-refractivity contribution in [1.29, 1.82) is 0 Å². The van der Waals surface area contributed by atoms with Gasteiger partial charge >= 0.3 is 0 Å². The van der Waals surface area contributed by atoms with Gasteiger partial charge in [0, 0.05) is 25.6 Å². The molecule has 2 unspecified atom stereocenters. The van der Waals surface area contributed by atoms with Gasteiger partial charge in [-0.2, -0.15) is 0 Å². The summed E-state index contributed by atoms with van der Waals surface area (Å²) in [6, 6.07) is 11.4. The topological polar surface area (TPSA) is 15.3 Å². The first-order valence-electron chi connectivity index (χ1n) is 7.67. The number of benzene rings is 1. The Morgan fingerprint density at radius 3 is 2.80 bits per heavy atom. The molecule has 2 nitrogen and oxygen atoms in total. The van der Waals surface area contributed by atoms with E-state index in [1.54, 1.807) is 0 Å². The van der Waals surface area contributed by atoms with Gasteiger partial charge in [0.15, 0.2) is 0 Å². The van der Waals surface area contributed by atoms with Crippen molar-refractivity contribution in [1.82, 2.24) is 10.2 Å². The van der Waals surface area contributed by atoms with Gasteiger partial charge in [0.25, 0.3) is 0 Å². The summed E-state index contributed by atoms with van der Waals surface area (Å²) in [4.78, 5) is 2.61. The molecule has 0 bridgehead atoms. The van der Waals surface area contributed by atoms with Crippen LogP contribution < -0.4 is 5.32 Å². The van der Waals surface area contributed by atoms with Crippen molar-refractivity contribution in [2.75, 3.05) is 19.6 Å². The molecule has 0 spiro atoms. The Balaban J connectivity index is 2.08. The predicted octanol–water partition coefficient (Wildman–Crippen LogP) is 3.00. The van der Waals surface area contributed by atoms with E-state index in [1.807, 2.05) is 0 Å². The lowest BCUT2D eigenvalue weighted by atomic mass is 9.87. The van der Waals surface area contributed by atoms with Crippen LogP contribution in [-0.4, -0.2) is 30.6 Å². The Hall–Kier alpha value is -1.30. The molecule has 108 valence electrons. The molecular formula is C18H26N2. The zero-order chi connectivity index (χ0) is 14.4. The predicted molar refractivity (Wildman–Crippen MR) is 85.5 cm³/mol. The molecule has 2 heteroatoms. The van der Waals surface area contributed by atoms with Crippen LogP contribution in [0.15, 0.2) is 30.3 Å². The Labute approximate surface area is 123 Å². The van der Waals surface area contributed by atoms with Gasteiger partial charge in [0.1, 0.15) is 0 Å². The highest BCUT2D eigenvalue weighted by Gasteiger charge is 2.35. The molecule has 1 aliphatic rings. The van der Waals surface area contributed by atoms with E-state index >= 15 is 0 Å². The van der Waals surface area contributed by atoms with E-state index in [9.17, 15) is 0 Å². The van der Waals surface area contributed by atoms with Gasteiger partial charge in [-0.1, -0.05) is 37.3 Å². The number of piperazine rings is 1. The average molecular weight is 270 g/mol. The van der Waals surface area contributed by atoms with Crippen LogP contribution >= 0.6 is 0 Å². The van der Waals surface area contributed by atoms with E-state index in [0.717, 1.165) is 32.5 Å². The molecule has 1 saturated heterocycles. The second kappa shape index (κ2) is 6.92. The van der Waals surface area contributed by atoms with Crippen LogP contribution in [0.3, 0.4) is 0 Å². The zero-order valence-electron chi connectivity index (χ0n) is 12.7. The molecule has 0 saturated carbocycles. The van der Waals surface area contributed by atoms with E-state index in [1.165, 1.54) is 12.0 Å². The zero-order valence-corrected chi connectivity index (χ0v) is 12.7. The van der Waals surface area contributed by atoms with Crippen molar-refractivity contribution in [3.8, 4) is 12.3 Å². The van der Waals surface area contributed by atoms with Crippen molar-refractivity contribution in [2.24, 2.45) is 0 Å². The third-order valence-electron chi connectivity index (χ3n) is 4.41. The maximum Gasteiger partial charge on any atom is 0.0535 e. The lowest BCUT2D eigenvalue weighted by Crippen LogP contribution is -2.61. The van der Waals surface area contributed by atoms with Gasteiger partial charge in [0.05, 0.1) is 5.54 Å². The van der Waals surface area contributed by atoms with Crippen LogP contribution in [0.2, 0.25) is 0 Å². The van der Waals surface area contributed by atoms with E-state index < -0.39 is 0 Å². The Kier molecular flexibility index (Phi) is 5.23. The molecule has 1 N–H and O–H groups in total. The molecule has 0 aromatic heterocycles. The fraction of sp³-hybridized carbons (Fsp3) is 0.556. The Bertz CT molecular complexity index is 448. The first-order chi connectivity index (χ1) is 9.69. The van der Waals surface area contributed by atoms with Gasteiger partial charge in [0.2, 0.25) is 0 Å². The second-order valence-electron chi connectivity index (χ2n) is 5.92. The molecule has 1 heterocycles. The fourth-order valence-electron chi connectivity index (χ4n) is 3.11. The van der Waals surface area contributed by atoms with E-state index in [0.29, 0.717) is 6.04 Å². The van der Waals surface area contributed by atoms with Crippen molar-refractivity contribution >= 4 is 0 Å². The summed E-state index contributed by atoms with van der Waals surface area (Å²) in [5.74, 6) is 2.75. The third kappa shape index (κ3) is 3.42. The Morgan fingerprint density at radius 1 is 1.40 bits per heavy atom. The molecule has 1 aromatic rings. The van der Waals surface area contributed by atoms with Crippen molar-refractivity contribution in [3.63, 3.8) is 0 Å². The van der Waals surface area contributed by atoms with E-state index in [4.69, 9.17) is 6.42 Å². The number of terminal acetylenes is 1. The number of hydrogen-bond acceptors (Lipinski definition) is 2. The normalized spacial score (nSPS) is 27.1. The minimum Gasteiger partial charge on any atom is -0.305 e. The maximum atomic E-state index is 5.37. The lowest BCUT2D eigenvalue weighted by molar-refractivity contribution is 0.0825. The van der Waals surface area contributed by atoms with Gasteiger partial charge in [-0.05, 0) is 31.9 Å². The highest BCUT2D eigenvalue weighted by atomic mass is 15.2. The van der Waals surface area contributed by atoms with Crippen molar-refractivity contribution in [2.45, 2.75) is 44.7 Å². The summed E-state index contributed by atoms with van der Waals surface area (Å²) in [7, 11) is 0. The number of nitrogens with zero attached hydrogens (tertiary/aromatic N) is 1. The number of hydrogen-bond donors (Lipinski definition) is 1. The summed E-state index contributed by atoms with van der Waals surface area (Å²) in [5.41, 5.74) is 1.42. The molecule has 1 fully saturated rings. The molecule has 0 radical (unpaired) electrons. The summed E-state index contributed by atoms with van der Waals surface area (Å²) < 4.78 is 0. The monoisotopic (exact) mass is 270 g/mol. The summed E-state index contributed by atoms with van der Waals surface area (Å²) in [6.07, 6.45) is 8.54. The van der Waals surface area contributed by atoms with Crippen LogP contribution in [-0.2, 0) is 5.54 Å². The second-order valence-corrected chi connectivity index (χ2v) is 5.92. The molecule has 1 aliphatic heterocycles. The average Bonchev–Trinajstić information content (AvgIpc) is 2.49. The van der Waals surface area contributed by atoms with Crippen LogP contribution in [0.4, 0.5) is 0 Å². The van der Waals surface area contributed by atoms with E-state index in [-0.39, 0.29) is 5.54 Å². The van der Waals surface area contributed by atoms with Crippen LogP contribution in [0.1, 0.15) is 38.7 Å². The number of unbranched alkanes of at least 4 members (excludes halogenated alkanes) is 1. The quantitative estimate of drug-likeness (QED) is 0.653. The number of rotatable bonds is 5. The molecular weight excluding hydrogens is 244 g/mol.